The van der Waals surface area contributed by atoms with Crippen molar-refractivity contribution in [3.05, 3.63) is 84.7 Å². The van der Waals surface area contributed by atoms with E-state index in [1.165, 1.54) is 12.3 Å². The lowest BCUT2D eigenvalue weighted by Gasteiger charge is -2.29. The zero-order valence-corrected chi connectivity index (χ0v) is 39.8. The van der Waals surface area contributed by atoms with Crippen molar-refractivity contribution in [1.29, 1.82) is 0 Å². The van der Waals surface area contributed by atoms with Gasteiger partial charge in [0.1, 0.15) is 6.61 Å². The number of imide groups is 1. The minimum atomic E-state index is -0.653. The van der Waals surface area contributed by atoms with Gasteiger partial charge in [-0.05, 0) is 30.2 Å². The molecule has 378 valence electrons. The molecule has 2 aromatic carbocycles. The Hall–Kier alpha value is -6.16. The molecule has 0 radical (unpaired) electrons. The van der Waals surface area contributed by atoms with Crippen molar-refractivity contribution >= 4 is 35.2 Å². The average molecular weight is 973 g/mol. The fourth-order valence-electron chi connectivity index (χ4n) is 7.76. The number of imidazole rings is 1. The summed E-state index contributed by atoms with van der Waals surface area (Å²) in [5.41, 5.74) is 5.28. The monoisotopic (exact) mass is 972 g/mol. The summed E-state index contributed by atoms with van der Waals surface area (Å²) in [6.45, 7) is 7.64. The number of hydrogen-bond donors (Lipinski definition) is 2. The van der Waals surface area contributed by atoms with Crippen LogP contribution in [0.1, 0.15) is 44.6 Å². The lowest BCUT2D eigenvalue weighted by atomic mass is 9.95. The second kappa shape index (κ2) is 29.1. The number of hydrogen-bond acceptors (Lipinski definition) is 14. The van der Waals surface area contributed by atoms with E-state index >= 15 is 0 Å². The molecule has 0 saturated carbocycles. The van der Waals surface area contributed by atoms with Gasteiger partial charge in [-0.2, -0.15) is 4.39 Å². The molecule has 6 rings (SSSR count). The Kier molecular flexibility index (Phi) is 22.1. The van der Waals surface area contributed by atoms with Gasteiger partial charge in [-0.15, -0.1) is 0 Å². The largest absolute Gasteiger partial charge is 0.486 e. The van der Waals surface area contributed by atoms with Gasteiger partial charge in [-0.3, -0.25) is 28.9 Å². The smallest absolute Gasteiger partial charge is 0.255 e. The molecule has 0 bridgehead atoms. The van der Waals surface area contributed by atoms with E-state index in [4.69, 9.17) is 38.1 Å². The first-order chi connectivity index (χ1) is 34.2. The molecule has 2 aromatic heterocycles. The van der Waals surface area contributed by atoms with Crippen LogP contribution in [0, 0.1) is 11.9 Å². The fourth-order valence-corrected chi connectivity index (χ4v) is 7.76. The lowest BCUT2D eigenvalue weighted by Crippen LogP contribution is -2.35. The van der Waals surface area contributed by atoms with Crippen LogP contribution in [0.4, 0.5) is 10.1 Å². The number of nitrogens with zero attached hydrogens (tertiary/aromatic N) is 5. The molecule has 2 aliphatic heterocycles. The summed E-state index contributed by atoms with van der Waals surface area (Å²) in [6.07, 6.45) is 4.42. The van der Waals surface area contributed by atoms with Crippen LogP contribution in [0.3, 0.4) is 0 Å². The summed E-state index contributed by atoms with van der Waals surface area (Å²) in [5, 5.41) is 5.55. The van der Waals surface area contributed by atoms with Crippen LogP contribution in [-0.4, -0.2) is 154 Å². The van der Waals surface area contributed by atoms with Gasteiger partial charge >= 0.3 is 0 Å². The normalized spacial score (nSPS) is 14.2. The summed E-state index contributed by atoms with van der Waals surface area (Å²) in [6, 6.07) is 18.9. The number of carbonyl (C=O) groups is 5. The molecule has 2 N–H and O–H groups in total. The highest BCUT2D eigenvalue weighted by atomic mass is 18.2. The van der Waals surface area contributed by atoms with Crippen LogP contribution in [0.15, 0.2) is 73.2 Å². The topological polar surface area (TPSA) is 211 Å². The van der Waals surface area contributed by atoms with Gasteiger partial charge in [-0.1, -0.05) is 49.4 Å². The highest BCUT2D eigenvalue weighted by Crippen LogP contribution is 2.41. The van der Waals surface area contributed by atoms with E-state index in [1.807, 2.05) is 48.8 Å². The Morgan fingerprint density at radius 1 is 0.671 bits per heavy atom. The minimum Gasteiger partial charge on any atom is -0.486 e. The van der Waals surface area contributed by atoms with Crippen molar-refractivity contribution in [3.8, 4) is 28.3 Å². The molecule has 70 heavy (non-hydrogen) atoms. The molecular formula is C50H64FN7O12. The van der Waals surface area contributed by atoms with E-state index in [2.05, 4.69) is 26.3 Å². The summed E-state index contributed by atoms with van der Waals surface area (Å²) in [7, 11) is 0. The van der Waals surface area contributed by atoms with E-state index in [0.717, 1.165) is 45.1 Å². The predicted molar refractivity (Wildman–Crippen MR) is 254 cm³/mol. The molecule has 4 aromatic rings. The average Bonchev–Trinajstić information content (AvgIpc) is 3.88. The molecule has 2 aliphatic rings. The number of likely N-dealkylation sites (tertiary alicyclic amines) is 1. The first-order valence-corrected chi connectivity index (χ1v) is 23.8. The highest BCUT2D eigenvalue weighted by Gasteiger charge is 2.35. The molecule has 1 atom stereocenters. The number of ether oxygens (including phenoxy) is 7. The maximum atomic E-state index is 13.9. The number of aromatic nitrogens is 3. The quantitative estimate of drug-likeness (QED) is 0.0403. The van der Waals surface area contributed by atoms with Gasteiger partial charge in [0.2, 0.25) is 29.5 Å². The zero-order chi connectivity index (χ0) is 49.3. The number of nitrogens with one attached hydrogen (secondary N) is 2. The van der Waals surface area contributed by atoms with E-state index in [1.54, 1.807) is 17.9 Å². The number of aryl methyl sites for hydroxylation is 1. The second-order valence-corrected chi connectivity index (χ2v) is 16.4. The molecule has 1 saturated heterocycles. The molecule has 1 fully saturated rings. The predicted octanol–water partition coefficient (Wildman–Crippen LogP) is 3.96. The molecule has 0 aliphatic carbocycles. The third-order valence-electron chi connectivity index (χ3n) is 11.3. The molecule has 4 heterocycles. The molecular weight excluding hydrogens is 909 g/mol. The summed E-state index contributed by atoms with van der Waals surface area (Å²) < 4.78 is 54.5. The SMILES string of the molecule is CC1CC(=O)N(CCC(=O)NCCOCCOCCOCCOCCC(=O)NCCC(=O)N2Cc3ccccc3-c3c(ncn3CCCOCCOCCOc3cccnc3[18F])-c3ccccc32)C1=O. The Bertz CT molecular complexity index is 2310. The van der Waals surface area contributed by atoms with Crippen molar-refractivity contribution < 1.29 is 61.5 Å². The van der Waals surface area contributed by atoms with E-state index in [0.29, 0.717) is 92.3 Å². The maximum Gasteiger partial charge on any atom is 0.255 e. The van der Waals surface area contributed by atoms with E-state index in [-0.39, 0.29) is 93.2 Å². The number of pyridine rings is 1. The Morgan fingerprint density at radius 2 is 1.30 bits per heavy atom. The number of fused-ring (bicyclic) bond motifs is 5. The first kappa shape index (κ1) is 53.2. The number of carbonyl (C=O) groups excluding carboxylic acids is 5. The Balaban J connectivity index is 0.810. The van der Waals surface area contributed by atoms with Crippen LogP contribution >= 0.6 is 0 Å². The van der Waals surface area contributed by atoms with Crippen LogP contribution in [0.2, 0.25) is 0 Å². The van der Waals surface area contributed by atoms with Crippen LogP contribution in [0.25, 0.3) is 22.5 Å². The number of para-hydroxylation sites is 1. The summed E-state index contributed by atoms with van der Waals surface area (Å²) in [5.74, 6) is -1.96. The number of benzene rings is 2. The number of halogens is 1. The van der Waals surface area contributed by atoms with Crippen molar-refractivity contribution in [3.63, 3.8) is 0 Å². The first-order valence-electron chi connectivity index (χ1n) is 23.8. The number of rotatable bonds is 32. The molecule has 20 heteroatoms. The second-order valence-electron chi connectivity index (χ2n) is 16.4. The number of amides is 5. The van der Waals surface area contributed by atoms with Gasteiger partial charge in [0.15, 0.2) is 5.75 Å². The van der Waals surface area contributed by atoms with Gasteiger partial charge < -0.3 is 53.3 Å². The number of anilines is 1. The molecule has 5 amide bonds. The Labute approximate surface area is 407 Å². The molecule has 0 spiro atoms. The van der Waals surface area contributed by atoms with Crippen molar-refractivity contribution in [2.75, 3.05) is 110 Å². The van der Waals surface area contributed by atoms with Crippen molar-refractivity contribution in [1.82, 2.24) is 30.1 Å². The standard InChI is InChI=1S/C50H64FN7O12/c1-37-34-46(62)57(50(37)63)20-14-43(59)53-18-23-66-26-29-68-31-30-67-28-25-65-22-15-44(60)52-17-13-45(61)58-35-38-8-2-3-9-39(38)48-47(40-10-4-5-11-41(40)58)55-36-56(48)19-7-21-64-24-27-69-32-33-70-42-12-6-16-54-49(42)51/h2-6,8-12,16,36-37H,7,13-15,17-35H2,1H3,(H,52,60)(H,53,59)/i51-1. The third kappa shape index (κ3) is 16.5. The van der Waals surface area contributed by atoms with E-state index in [9.17, 15) is 28.4 Å². The van der Waals surface area contributed by atoms with Crippen molar-refractivity contribution in [2.24, 2.45) is 5.92 Å². The third-order valence-corrected chi connectivity index (χ3v) is 11.3. The highest BCUT2D eigenvalue weighted by molar-refractivity contribution is 6.03. The Morgan fingerprint density at radius 3 is 2.01 bits per heavy atom. The van der Waals surface area contributed by atoms with Crippen molar-refractivity contribution in [2.45, 2.75) is 52.1 Å². The fraction of sp³-hybridized carbons (Fsp3) is 0.500. The van der Waals surface area contributed by atoms with Gasteiger partial charge in [-0.25, -0.2) is 9.97 Å². The lowest BCUT2D eigenvalue weighted by molar-refractivity contribution is -0.139. The van der Waals surface area contributed by atoms with Gasteiger partial charge in [0.05, 0.1) is 103 Å². The van der Waals surface area contributed by atoms with Gasteiger partial charge in [0.25, 0.3) is 5.95 Å². The minimum absolute atomic E-state index is 0.0578. The van der Waals surface area contributed by atoms with Crippen LogP contribution < -0.4 is 20.3 Å². The zero-order valence-electron chi connectivity index (χ0n) is 39.8. The van der Waals surface area contributed by atoms with Gasteiger partial charge in [0, 0.05) is 81.7 Å². The summed E-state index contributed by atoms with van der Waals surface area (Å²) in [4.78, 5) is 73.7. The van der Waals surface area contributed by atoms with Crippen LogP contribution in [0.5, 0.6) is 5.75 Å². The summed E-state index contributed by atoms with van der Waals surface area (Å²) >= 11 is 0. The van der Waals surface area contributed by atoms with E-state index < -0.39 is 5.95 Å². The van der Waals surface area contributed by atoms with Crippen LogP contribution in [-0.2, 0) is 65.5 Å². The molecule has 19 nitrogen and oxygen atoms in total. The maximum absolute atomic E-state index is 13.9. The molecule has 1 unspecified atom stereocenters.